The van der Waals surface area contributed by atoms with E-state index in [0.717, 1.165) is 11.1 Å². The van der Waals surface area contributed by atoms with Crippen molar-refractivity contribution >= 4 is 12.1 Å². The summed E-state index contributed by atoms with van der Waals surface area (Å²) in [5.74, 6) is -0.204. The number of aromatic hydroxyl groups is 2. The molecule has 0 aromatic heterocycles. The SMILES string of the molecule is Cc1ccc(C)c(OCC(=O)NN=Cc2ccc(O)c(O)c2)c1. The molecule has 23 heavy (non-hydrogen) atoms. The first-order chi connectivity index (χ1) is 11.0. The first kappa shape index (κ1) is 16.4. The molecular formula is C17H18N2O4. The van der Waals surface area contributed by atoms with Gasteiger partial charge in [-0.15, -0.1) is 0 Å². The van der Waals surface area contributed by atoms with E-state index >= 15 is 0 Å². The lowest BCUT2D eigenvalue weighted by atomic mass is 10.1. The maximum Gasteiger partial charge on any atom is 0.277 e. The van der Waals surface area contributed by atoms with Crippen LogP contribution in [-0.4, -0.2) is 28.9 Å². The minimum atomic E-state index is -0.398. The van der Waals surface area contributed by atoms with Crippen molar-refractivity contribution in [3.05, 3.63) is 53.1 Å². The molecule has 0 unspecified atom stereocenters. The second kappa shape index (κ2) is 7.31. The maximum absolute atomic E-state index is 11.7. The van der Waals surface area contributed by atoms with Gasteiger partial charge in [0.2, 0.25) is 0 Å². The van der Waals surface area contributed by atoms with Gasteiger partial charge in [0, 0.05) is 0 Å². The average molecular weight is 314 g/mol. The molecular weight excluding hydrogens is 296 g/mol. The third kappa shape index (κ3) is 4.74. The van der Waals surface area contributed by atoms with Gasteiger partial charge in [0.15, 0.2) is 18.1 Å². The van der Waals surface area contributed by atoms with Gasteiger partial charge in [-0.05, 0) is 54.8 Å². The number of amides is 1. The summed E-state index contributed by atoms with van der Waals surface area (Å²) in [4.78, 5) is 11.7. The molecule has 0 saturated heterocycles. The van der Waals surface area contributed by atoms with E-state index in [-0.39, 0.29) is 18.1 Å². The summed E-state index contributed by atoms with van der Waals surface area (Å²) in [5, 5.41) is 22.3. The van der Waals surface area contributed by atoms with Crippen molar-refractivity contribution in [2.24, 2.45) is 5.10 Å². The van der Waals surface area contributed by atoms with Crippen molar-refractivity contribution in [3.63, 3.8) is 0 Å². The number of hydrazone groups is 1. The summed E-state index contributed by atoms with van der Waals surface area (Å²) in [6.07, 6.45) is 1.36. The quantitative estimate of drug-likeness (QED) is 0.448. The molecule has 2 rings (SSSR count). The largest absolute Gasteiger partial charge is 0.504 e. The lowest BCUT2D eigenvalue weighted by Crippen LogP contribution is -2.24. The Morgan fingerprint density at radius 3 is 2.70 bits per heavy atom. The molecule has 120 valence electrons. The fraction of sp³-hybridized carbons (Fsp3) is 0.176. The van der Waals surface area contributed by atoms with Gasteiger partial charge in [-0.3, -0.25) is 4.79 Å². The van der Waals surface area contributed by atoms with Gasteiger partial charge in [0.25, 0.3) is 5.91 Å². The van der Waals surface area contributed by atoms with Crippen molar-refractivity contribution in [2.75, 3.05) is 6.61 Å². The topological polar surface area (TPSA) is 91.2 Å². The Morgan fingerprint density at radius 1 is 1.17 bits per heavy atom. The van der Waals surface area contributed by atoms with Crippen LogP contribution in [-0.2, 0) is 4.79 Å². The van der Waals surface area contributed by atoms with Crippen molar-refractivity contribution in [3.8, 4) is 17.2 Å². The number of benzene rings is 2. The second-order valence-electron chi connectivity index (χ2n) is 5.10. The summed E-state index contributed by atoms with van der Waals surface area (Å²) >= 11 is 0. The van der Waals surface area contributed by atoms with Crippen LogP contribution in [0.2, 0.25) is 0 Å². The number of hydrogen-bond acceptors (Lipinski definition) is 5. The average Bonchev–Trinajstić information content (AvgIpc) is 2.52. The molecule has 6 heteroatoms. The van der Waals surface area contributed by atoms with Gasteiger partial charge < -0.3 is 14.9 Å². The summed E-state index contributed by atoms with van der Waals surface area (Å²) in [5.41, 5.74) is 4.87. The molecule has 0 fully saturated rings. The minimum absolute atomic E-state index is 0.150. The Kier molecular flexibility index (Phi) is 5.19. The van der Waals surface area contributed by atoms with E-state index in [2.05, 4.69) is 10.5 Å². The van der Waals surface area contributed by atoms with Crippen molar-refractivity contribution in [1.82, 2.24) is 5.43 Å². The molecule has 3 N–H and O–H groups in total. The molecule has 6 nitrogen and oxygen atoms in total. The second-order valence-corrected chi connectivity index (χ2v) is 5.10. The normalized spacial score (nSPS) is 10.7. The number of phenols is 2. The van der Waals surface area contributed by atoms with Gasteiger partial charge in [0.05, 0.1) is 6.21 Å². The summed E-state index contributed by atoms with van der Waals surface area (Å²) in [6.45, 7) is 3.70. The first-order valence-electron chi connectivity index (χ1n) is 6.99. The van der Waals surface area contributed by atoms with E-state index in [0.29, 0.717) is 11.3 Å². The smallest absolute Gasteiger partial charge is 0.277 e. The highest BCUT2D eigenvalue weighted by atomic mass is 16.5. The Morgan fingerprint density at radius 2 is 1.96 bits per heavy atom. The van der Waals surface area contributed by atoms with Crippen LogP contribution < -0.4 is 10.2 Å². The Bertz CT molecular complexity index is 741. The summed E-state index contributed by atoms with van der Waals surface area (Å²) in [6, 6.07) is 9.99. The van der Waals surface area contributed by atoms with Crippen molar-refractivity contribution in [2.45, 2.75) is 13.8 Å². The van der Waals surface area contributed by atoms with Gasteiger partial charge in [-0.2, -0.15) is 5.10 Å². The number of phenolic OH excluding ortho intramolecular Hbond substituents is 2. The standard InChI is InChI=1S/C17H18N2O4/c1-11-3-4-12(2)16(7-11)23-10-17(22)19-18-9-13-5-6-14(20)15(21)8-13/h3-9,20-21H,10H2,1-2H3,(H,19,22). The molecule has 0 heterocycles. The molecule has 0 radical (unpaired) electrons. The highest BCUT2D eigenvalue weighted by molar-refractivity contribution is 5.83. The lowest BCUT2D eigenvalue weighted by Gasteiger charge is -2.08. The van der Waals surface area contributed by atoms with Crippen LogP contribution in [0, 0.1) is 13.8 Å². The van der Waals surface area contributed by atoms with Crippen LogP contribution in [0.4, 0.5) is 0 Å². The maximum atomic E-state index is 11.7. The van der Waals surface area contributed by atoms with E-state index < -0.39 is 5.91 Å². The number of nitrogens with zero attached hydrogens (tertiary/aromatic N) is 1. The monoisotopic (exact) mass is 314 g/mol. The zero-order valence-corrected chi connectivity index (χ0v) is 12.9. The number of aryl methyl sites for hydroxylation is 2. The van der Waals surface area contributed by atoms with Crippen LogP contribution >= 0.6 is 0 Å². The number of carbonyl (C=O) groups excluding carboxylic acids is 1. The van der Waals surface area contributed by atoms with Gasteiger partial charge in [0.1, 0.15) is 5.75 Å². The van der Waals surface area contributed by atoms with E-state index in [9.17, 15) is 15.0 Å². The van der Waals surface area contributed by atoms with E-state index in [4.69, 9.17) is 4.74 Å². The van der Waals surface area contributed by atoms with Crippen LogP contribution in [0.25, 0.3) is 0 Å². The molecule has 2 aromatic rings. The van der Waals surface area contributed by atoms with Crippen molar-refractivity contribution in [1.29, 1.82) is 0 Å². The molecule has 2 aromatic carbocycles. The number of rotatable bonds is 5. The third-order valence-electron chi connectivity index (χ3n) is 3.10. The highest BCUT2D eigenvalue weighted by Gasteiger charge is 2.04. The van der Waals surface area contributed by atoms with Crippen molar-refractivity contribution < 1.29 is 19.7 Å². The number of carbonyl (C=O) groups is 1. The van der Waals surface area contributed by atoms with E-state index in [1.54, 1.807) is 6.07 Å². The zero-order chi connectivity index (χ0) is 16.8. The molecule has 0 bridgehead atoms. The van der Waals surface area contributed by atoms with Gasteiger partial charge in [-0.25, -0.2) is 5.43 Å². The molecule has 0 aliphatic carbocycles. The highest BCUT2D eigenvalue weighted by Crippen LogP contribution is 2.24. The summed E-state index contributed by atoms with van der Waals surface area (Å²) < 4.78 is 5.46. The molecule has 0 saturated carbocycles. The van der Waals surface area contributed by atoms with Gasteiger partial charge >= 0.3 is 0 Å². The first-order valence-corrected chi connectivity index (χ1v) is 6.99. The van der Waals surface area contributed by atoms with E-state index in [1.807, 2.05) is 32.0 Å². The molecule has 0 spiro atoms. The fourth-order valence-electron chi connectivity index (χ4n) is 1.84. The predicted molar refractivity (Wildman–Crippen MR) is 86.9 cm³/mol. The predicted octanol–water partition coefficient (Wildman–Crippen LogP) is 2.24. The van der Waals surface area contributed by atoms with E-state index in [1.165, 1.54) is 18.3 Å². The third-order valence-corrected chi connectivity index (χ3v) is 3.10. The lowest BCUT2D eigenvalue weighted by molar-refractivity contribution is -0.123. The van der Waals surface area contributed by atoms with Crippen LogP contribution in [0.3, 0.4) is 0 Å². The Hall–Kier alpha value is -3.02. The van der Waals surface area contributed by atoms with Gasteiger partial charge in [-0.1, -0.05) is 12.1 Å². The number of hydrogen-bond donors (Lipinski definition) is 3. The Balaban J connectivity index is 1.86. The molecule has 1 amide bonds. The zero-order valence-electron chi connectivity index (χ0n) is 12.9. The minimum Gasteiger partial charge on any atom is -0.504 e. The Labute approximate surface area is 134 Å². The fourth-order valence-corrected chi connectivity index (χ4v) is 1.84. The molecule has 0 atom stereocenters. The molecule has 0 aliphatic rings. The van der Waals surface area contributed by atoms with Crippen LogP contribution in [0.1, 0.15) is 16.7 Å². The molecule has 0 aliphatic heterocycles. The number of nitrogens with one attached hydrogen (secondary N) is 1. The summed E-state index contributed by atoms with van der Waals surface area (Å²) in [7, 11) is 0. The van der Waals surface area contributed by atoms with Crippen LogP contribution in [0.5, 0.6) is 17.2 Å². The number of ether oxygens (including phenoxy) is 1. The van der Waals surface area contributed by atoms with Crippen LogP contribution in [0.15, 0.2) is 41.5 Å².